The first-order valence-electron chi connectivity index (χ1n) is 7.28. The minimum atomic E-state index is -0.414. The van der Waals surface area contributed by atoms with E-state index in [1.807, 2.05) is 0 Å². The SMILES string of the molecule is Cc1cc(NCC2CCN(CCO)CC2)ncc1[N+](=O)[O-]. The maximum atomic E-state index is 10.7. The first kappa shape index (κ1) is 15.7. The van der Waals surface area contributed by atoms with Crippen molar-refractivity contribution in [2.75, 3.05) is 38.1 Å². The van der Waals surface area contributed by atoms with Gasteiger partial charge in [0.1, 0.15) is 12.0 Å². The van der Waals surface area contributed by atoms with Crippen LogP contribution in [0.25, 0.3) is 0 Å². The minimum absolute atomic E-state index is 0.0536. The van der Waals surface area contributed by atoms with E-state index in [-0.39, 0.29) is 12.3 Å². The Morgan fingerprint density at radius 2 is 2.24 bits per heavy atom. The summed E-state index contributed by atoms with van der Waals surface area (Å²) in [5, 5.41) is 22.9. The van der Waals surface area contributed by atoms with Crippen molar-refractivity contribution in [3.05, 3.63) is 27.9 Å². The molecule has 1 aromatic rings. The molecule has 0 atom stereocenters. The summed E-state index contributed by atoms with van der Waals surface area (Å²) < 4.78 is 0. The average Bonchev–Trinajstić information content (AvgIpc) is 2.46. The fourth-order valence-electron chi connectivity index (χ4n) is 2.64. The Hall–Kier alpha value is -1.73. The van der Waals surface area contributed by atoms with Crippen LogP contribution in [-0.2, 0) is 0 Å². The maximum absolute atomic E-state index is 10.7. The summed E-state index contributed by atoms with van der Waals surface area (Å²) in [7, 11) is 0. The van der Waals surface area contributed by atoms with Crippen LogP contribution in [0.15, 0.2) is 12.3 Å². The molecular formula is C14H22N4O3. The van der Waals surface area contributed by atoms with Gasteiger partial charge in [0.2, 0.25) is 0 Å². The zero-order chi connectivity index (χ0) is 15.2. The summed E-state index contributed by atoms with van der Waals surface area (Å²) in [5.41, 5.74) is 0.674. The lowest BCUT2D eigenvalue weighted by Crippen LogP contribution is -2.37. The number of anilines is 1. The summed E-state index contributed by atoms with van der Waals surface area (Å²) in [6, 6.07) is 1.72. The van der Waals surface area contributed by atoms with Gasteiger partial charge in [-0.2, -0.15) is 0 Å². The lowest BCUT2D eigenvalue weighted by atomic mass is 9.97. The number of β-amino-alcohol motifs (C(OH)–C–C–N with tert-alkyl or cyclic N) is 1. The molecule has 0 amide bonds. The molecule has 7 heteroatoms. The second-order valence-corrected chi connectivity index (χ2v) is 5.50. The number of hydrogen-bond acceptors (Lipinski definition) is 6. The normalized spacial score (nSPS) is 16.9. The Morgan fingerprint density at radius 3 is 2.81 bits per heavy atom. The van der Waals surface area contributed by atoms with E-state index >= 15 is 0 Å². The predicted octanol–water partition coefficient (Wildman–Crippen LogP) is 1.41. The van der Waals surface area contributed by atoms with Crippen molar-refractivity contribution < 1.29 is 10.0 Å². The van der Waals surface area contributed by atoms with Crippen LogP contribution in [0.1, 0.15) is 18.4 Å². The van der Waals surface area contributed by atoms with Gasteiger partial charge in [-0.1, -0.05) is 0 Å². The maximum Gasteiger partial charge on any atom is 0.290 e. The zero-order valence-electron chi connectivity index (χ0n) is 12.3. The third-order valence-electron chi connectivity index (χ3n) is 3.98. The van der Waals surface area contributed by atoms with Gasteiger partial charge in [-0.25, -0.2) is 4.98 Å². The molecule has 0 unspecified atom stereocenters. The van der Waals surface area contributed by atoms with E-state index in [9.17, 15) is 10.1 Å². The van der Waals surface area contributed by atoms with Gasteiger partial charge in [0, 0.05) is 18.7 Å². The molecule has 1 aliphatic heterocycles. The highest BCUT2D eigenvalue weighted by molar-refractivity contribution is 5.46. The fraction of sp³-hybridized carbons (Fsp3) is 0.643. The van der Waals surface area contributed by atoms with Gasteiger partial charge in [0.05, 0.1) is 11.5 Å². The first-order valence-corrected chi connectivity index (χ1v) is 7.28. The smallest absolute Gasteiger partial charge is 0.290 e. The topological polar surface area (TPSA) is 91.5 Å². The van der Waals surface area contributed by atoms with Crippen molar-refractivity contribution in [1.29, 1.82) is 0 Å². The molecule has 2 heterocycles. The molecule has 7 nitrogen and oxygen atoms in total. The monoisotopic (exact) mass is 294 g/mol. The summed E-state index contributed by atoms with van der Waals surface area (Å²) in [4.78, 5) is 16.7. The molecule has 0 aliphatic carbocycles. The first-order chi connectivity index (χ1) is 10.1. The number of nitro groups is 1. The number of aliphatic hydroxyl groups excluding tert-OH is 1. The summed E-state index contributed by atoms with van der Waals surface area (Å²) in [6.07, 6.45) is 3.50. The highest BCUT2D eigenvalue weighted by Crippen LogP contribution is 2.21. The Labute approximate surface area is 124 Å². The molecule has 1 fully saturated rings. The molecule has 0 radical (unpaired) electrons. The number of nitrogens with one attached hydrogen (secondary N) is 1. The predicted molar refractivity (Wildman–Crippen MR) is 80.4 cm³/mol. The molecule has 1 aromatic heterocycles. The van der Waals surface area contributed by atoms with E-state index in [2.05, 4.69) is 15.2 Å². The van der Waals surface area contributed by atoms with Crippen LogP contribution >= 0.6 is 0 Å². The van der Waals surface area contributed by atoms with Crippen molar-refractivity contribution in [3.63, 3.8) is 0 Å². The molecule has 1 saturated heterocycles. The van der Waals surface area contributed by atoms with Gasteiger partial charge < -0.3 is 15.3 Å². The van der Waals surface area contributed by atoms with Gasteiger partial charge in [-0.15, -0.1) is 0 Å². The van der Waals surface area contributed by atoms with Crippen LogP contribution in [-0.4, -0.2) is 52.7 Å². The number of aryl methyl sites for hydroxylation is 1. The molecule has 0 spiro atoms. The highest BCUT2D eigenvalue weighted by atomic mass is 16.6. The Bertz CT molecular complexity index is 487. The number of pyridine rings is 1. The number of aliphatic hydroxyl groups is 1. The molecular weight excluding hydrogens is 272 g/mol. The summed E-state index contributed by atoms with van der Waals surface area (Å²) >= 11 is 0. The second kappa shape index (κ2) is 7.33. The third-order valence-corrected chi connectivity index (χ3v) is 3.98. The Morgan fingerprint density at radius 1 is 1.52 bits per heavy atom. The largest absolute Gasteiger partial charge is 0.395 e. The van der Waals surface area contributed by atoms with Crippen molar-refractivity contribution in [2.24, 2.45) is 5.92 Å². The number of hydrogen-bond donors (Lipinski definition) is 2. The third kappa shape index (κ3) is 4.37. The van der Waals surface area contributed by atoms with Crippen molar-refractivity contribution in [2.45, 2.75) is 19.8 Å². The lowest BCUT2D eigenvalue weighted by Gasteiger charge is -2.31. The molecule has 0 aromatic carbocycles. The number of nitrogens with zero attached hydrogens (tertiary/aromatic N) is 3. The highest BCUT2D eigenvalue weighted by Gasteiger charge is 2.19. The molecule has 2 N–H and O–H groups in total. The van der Waals surface area contributed by atoms with Gasteiger partial charge in [0.15, 0.2) is 0 Å². The summed E-state index contributed by atoms with van der Waals surface area (Å²) in [5.74, 6) is 1.27. The van der Waals surface area contributed by atoms with Crippen LogP contribution in [0.5, 0.6) is 0 Å². The van der Waals surface area contributed by atoms with Crippen molar-refractivity contribution >= 4 is 11.5 Å². The van der Waals surface area contributed by atoms with Crippen LogP contribution in [0.2, 0.25) is 0 Å². The van der Waals surface area contributed by atoms with Gasteiger partial charge in [-0.05, 0) is 44.8 Å². The number of rotatable bonds is 6. The van der Waals surface area contributed by atoms with Crippen LogP contribution < -0.4 is 5.32 Å². The minimum Gasteiger partial charge on any atom is -0.395 e. The Kier molecular flexibility index (Phi) is 5.46. The number of aromatic nitrogens is 1. The van der Waals surface area contributed by atoms with Crippen LogP contribution in [0, 0.1) is 23.0 Å². The summed E-state index contributed by atoms with van der Waals surface area (Å²) in [6.45, 7) is 5.55. The van der Waals surface area contributed by atoms with Gasteiger partial charge in [0.25, 0.3) is 5.69 Å². The average molecular weight is 294 g/mol. The van der Waals surface area contributed by atoms with Crippen molar-refractivity contribution in [3.8, 4) is 0 Å². The lowest BCUT2D eigenvalue weighted by molar-refractivity contribution is -0.385. The second-order valence-electron chi connectivity index (χ2n) is 5.50. The van der Waals surface area contributed by atoms with Crippen LogP contribution in [0.4, 0.5) is 11.5 Å². The van der Waals surface area contributed by atoms with E-state index < -0.39 is 4.92 Å². The van der Waals surface area contributed by atoms with E-state index in [1.54, 1.807) is 13.0 Å². The van der Waals surface area contributed by atoms with Gasteiger partial charge in [-0.3, -0.25) is 10.1 Å². The number of likely N-dealkylation sites (tertiary alicyclic amines) is 1. The Balaban J connectivity index is 1.81. The zero-order valence-corrected chi connectivity index (χ0v) is 12.3. The van der Waals surface area contributed by atoms with E-state index in [1.165, 1.54) is 6.20 Å². The molecule has 21 heavy (non-hydrogen) atoms. The quantitative estimate of drug-likeness (QED) is 0.609. The molecule has 0 bridgehead atoms. The fourth-order valence-corrected chi connectivity index (χ4v) is 2.64. The number of piperidine rings is 1. The molecule has 0 saturated carbocycles. The van der Waals surface area contributed by atoms with E-state index in [0.717, 1.165) is 39.0 Å². The molecule has 2 rings (SSSR count). The molecule has 1 aliphatic rings. The van der Waals surface area contributed by atoms with Gasteiger partial charge >= 0.3 is 0 Å². The van der Waals surface area contributed by atoms with Crippen molar-refractivity contribution in [1.82, 2.24) is 9.88 Å². The standard InChI is InChI=1S/C14H22N4O3/c1-11-8-14(16-10-13(11)18(20)21)15-9-12-2-4-17(5-3-12)6-7-19/h8,10,12,19H,2-7,9H2,1H3,(H,15,16). The molecule has 116 valence electrons. The van der Waals surface area contributed by atoms with E-state index in [4.69, 9.17) is 5.11 Å². The van der Waals surface area contributed by atoms with E-state index in [0.29, 0.717) is 17.3 Å². The van der Waals surface area contributed by atoms with Crippen LogP contribution in [0.3, 0.4) is 0 Å².